The lowest BCUT2D eigenvalue weighted by molar-refractivity contribution is 0.586. The topological polar surface area (TPSA) is 84.2 Å². The highest BCUT2D eigenvalue weighted by atomic mass is 32.2. The third kappa shape index (κ3) is 5.54. The Balaban J connectivity index is 2.56. The lowest BCUT2D eigenvalue weighted by Crippen LogP contribution is -2.24. The average Bonchev–Trinajstić information content (AvgIpc) is 2.28. The SMILES string of the molecule is Cc1cccc(C(N)=S)c1NCCCNS(C)(=O)=O. The monoisotopic (exact) mass is 301 g/mol. The molecular formula is C12H19N3O2S2. The number of sulfonamides is 1. The van der Waals surface area contributed by atoms with Crippen molar-refractivity contribution in [3.8, 4) is 0 Å². The van der Waals surface area contributed by atoms with Crippen LogP contribution < -0.4 is 15.8 Å². The van der Waals surface area contributed by atoms with Crippen LogP contribution in [0.2, 0.25) is 0 Å². The predicted molar refractivity (Wildman–Crippen MR) is 83.0 cm³/mol. The van der Waals surface area contributed by atoms with Crippen LogP contribution in [0.4, 0.5) is 5.69 Å². The first-order chi connectivity index (χ1) is 8.81. The van der Waals surface area contributed by atoms with Crippen molar-refractivity contribution in [3.63, 3.8) is 0 Å². The van der Waals surface area contributed by atoms with E-state index in [1.54, 1.807) is 0 Å². The maximum atomic E-state index is 10.9. The van der Waals surface area contributed by atoms with Gasteiger partial charge < -0.3 is 11.1 Å². The van der Waals surface area contributed by atoms with Crippen molar-refractivity contribution in [2.24, 2.45) is 5.73 Å². The molecule has 0 aromatic heterocycles. The number of rotatable bonds is 7. The zero-order valence-corrected chi connectivity index (χ0v) is 12.7. The van der Waals surface area contributed by atoms with E-state index < -0.39 is 10.0 Å². The summed E-state index contributed by atoms with van der Waals surface area (Å²) in [6.45, 7) is 3.02. The Hall–Kier alpha value is -1.18. The smallest absolute Gasteiger partial charge is 0.208 e. The zero-order chi connectivity index (χ0) is 14.5. The molecule has 7 heteroatoms. The Labute approximate surface area is 119 Å². The van der Waals surface area contributed by atoms with E-state index in [1.807, 2.05) is 25.1 Å². The normalized spacial score (nSPS) is 11.3. The van der Waals surface area contributed by atoms with Crippen LogP contribution in [0, 0.1) is 6.92 Å². The molecule has 19 heavy (non-hydrogen) atoms. The van der Waals surface area contributed by atoms with Crippen LogP contribution in [-0.4, -0.2) is 32.8 Å². The third-order valence-electron chi connectivity index (χ3n) is 2.56. The Morgan fingerprint density at radius 1 is 1.37 bits per heavy atom. The van der Waals surface area contributed by atoms with Crippen LogP contribution in [0.25, 0.3) is 0 Å². The maximum absolute atomic E-state index is 10.9. The van der Waals surface area contributed by atoms with E-state index in [0.717, 1.165) is 23.1 Å². The first-order valence-corrected chi connectivity index (χ1v) is 8.19. The molecule has 4 N–H and O–H groups in total. The molecule has 1 aromatic carbocycles. The van der Waals surface area contributed by atoms with E-state index >= 15 is 0 Å². The van der Waals surface area contributed by atoms with Gasteiger partial charge in [0, 0.05) is 24.3 Å². The second-order valence-corrected chi connectivity index (χ2v) is 6.58. The Morgan fingerprint density at radius 3 is 2.63 bits per heavy atom. The van der Waals surface area contributed by atoms with Gasteiger partial charge in [-0.1, -0.05) is 24.4 Å². The van der Waals surface area contributed by atoms with E-state index in [2.05, 4.69) is 10.0 Å². The molecule has 1 rings (SSSR count). The standard InChI is InChI=1S/C12H19N3O2S2/c1-9-5-3-6-10(12(13)18)11(9)14-7-4-8-15-19(2,16)17/h3,5-6,14-15H,4,7-8H2,1-2H3,(H2,13,18). The summed E-state index contributed by atoms with van der Waals surface area (Å²) in [6, 6.07) is 5.74. The first kappa shape index (κ1) is 15.9. The number of anilines is 1. The average molecular weight is 301 g/mol. The van der Waals surface area contributed by atoms with E-state index in [-0.39, 0.29) is 0 Å². The van der Waals surface area contributed by atoms with Crippen molar-refractivity contribution >= 4 is 32.9 Å². The van der Waals surface area contributed by atoms with E-state index in [4.69, 9.17) is 18.0 Å². The minimum Gasteiger partial charge on any atom is -0.389 e. The molecule has 5 nitrogen and oxygen atoms in total. The Bertz CT molecular complexity index is 556. The molecule has 0 fully saturated rings. The predicted octanol–water partition coefficient (Wildman–Crippen LogP) is 0.980. The summed E-state index contributed by atoms with van der Waals surface area (Å²) in [5.41, 5.74) is 8.45. The molecular weight excluding hydrogens is 282 g/mol. The first-order valence-electron chi connectivity index (χ1n) is 5.89. The van der Waals surface area contributed by atoms with Gasteiger partial charge in [-0.15, -0.1) is 0 Å². The molecule has 0 unspecified atom stereocenters. The Kier molecular flexibility index (Phi) is 5.71. The van der Waals surface area contributed by atoms with Gasteiger partial charge in [0.15, 0.2) is 0 Å². The number of nitrogens with two attached hydrogens (primary N) is 1. The highest BCUT2D eigenvalue weighted by Gasteiger charge is 2.07. The van der Waals surface area contributed by atoms with Crippen molar-refractivity contribution in [2.75, 3.05) is 24.7 Å². The molecule has 0 aliphatic heterocycles. The van der Waals surface area contributed by atoms with Crippen molar-refractivity contribution in [3.05, 3.63) is 29.3 Å². The van der Waals surface area contributed by atoms with Crippen LogP contribution >= 0.6 is 12.2 Å². The van der Waals surface area contributed by atoms with Crippen LogP contribution in [0.15, 0.2) is 18.2 Å². The summed E-state index contributed by atoms with van der Waals surface area (Å²) < 4.78 is 24.2. The van der Waals surface area contributed by atoms with Gasteiger partial charge in [0.05, 0.1) is 6.26 Å². The van der Waals surface area contributed by atoms with Gasteiger partial charge in [0.25, 0.3) is 0 Å². The number of hydrogen-bond donors (Lipinski definition) is 3. The molecule has 0 aliphatic rings. The maximum Gasteiger partial charge on any atom is 0.208 e. The molecule has 0 spiro atoms. The molecule has 1 aromatic rings. The fraction of sp³-hybridized carbons (Fsp3) is 0.417. The molecule has 0 radical (unpaired) electrons. The third-order valence-corrected chi connectivity index (χ3v) is 3.51. The quantitative estimate of drug-likeness (QED) is 0.516. The van der Waals surface area contributed by atoms with Crippen LogP contribution in [0.5, 0.6) is 0 Å². The number of thiocarbonyl (C=S) groups is 1. The lowest BCUT2D eigenvalue weighted by atomic mass is 10.1. The van der Waals surface area contributed by atoms with Gasteiger partial charge in [0.2, 0.25) is 10.0 Å². The molecule has 0 heterocycles. The summed E-state index contributed by atoms with van der Waals surface area (Å²) in [6.07, 6.45) is 1.82. The number of hydrogen-bond acceptors (Lipinski definition) is 4. The van der Waals surface area contributed by atoms with E-state index in [1.165, 1.54) is 0 Å². The number of para-hydroxylation sites is 1. The van der Waals surface area contributed by atoms with Crippen molar-refractivity contribution < 1.29 is 8.42 Å². The summed E-state index contributed by atoms with van der Waals surface area (Å²) >= 11 is 5.01. The summed E-state index contributed by atoms with van der Waals surface area (Å²) in [5, 5.41) is 3.25. The second-order valence-electron chi connectivity index (χ2n) is 4.31. The van der Waals surface area contributed by atoms with Crippen LogP contribution in [0.1, 0.15) is 17.5 Å². The number of benzene rings is 1. The summed E-state index contributed by atoms with van der Waals surface area (Å²) in [4.78, 5) is 0.348. The molecule has 0 bridgehead atoms. The van der Waals surface area contributed by atoms with Crippen molar-refractivity contribution in [2.45, 2.75) is 13.3 Å². The summed E-state index contributed by atoms with van der Waals surface area (Å²) in [5.74, 6) is 0. The molecule has 0 atom stereocenters. The summed E-state index contributed by atoms with van der Waals surface area (Å²) in [7, 11) is -3.12. The van der Waals surface area contributed by atoms with E-state index in [0.29, 0.717) is 24.5 Å². The van der Waals surface area contributed by atoms with Crippen LogP contribution in [0.3, 0.4) is 0 Å². The van der Waals surface area contributed by atoms with Gasteiger partial charge in [-0.05, 0) is 25.0 Å². The van der Waals surface area contributed by atoms with Crippen molar-refractivity contribution in [1.82, 2.24) is 4.72 Å². The van der Waals surface area contributed by atoms with Crippen molar-refractivity contribution in [1.29, 1.82) is 0 Å². The number of nitrogens with one attached hydrogen (secondary N) is 2. The highest BCUT2D eigenvalue weighted by Crippen LogP contribution is 2.20. The fourth-order valence-corrected chi connectivity index (χ4v) is 2.35. The molecule has 106 valence electrons. The van der Waals surface area contributed by atoms with E-state index in [9.17, 15) is 8.42 Å². The molecule has 0 saturated carbocycles. The van der Waals surface area contributed by atoms with Gasteiger partial charge in [-0.2, -0.15) is 0 Å². The van der Waals surface area contributed by atoms with Crippen LogP contribution in [-0.2, 0) is 10.0 Å². The zero-order valence-electron chi connectivity index (χ0n) is 11.1. The fourth-order valence-electron chi connectivity index (χ4n) is 1.67. The molecule has 0 saturated heterocycles. The lowest BCUT2D eigenvalue weighted by Gasteiger charge is -2.14. The van der Waals surface area contributed by atoms with Gasteiger partial charge in [0.1, 0.15) is 4.99 Å². The second kappa shape index (κ2) is 6.83. The molecule has 0 amide bonds. The minimum atomic E-state index is -3.12. The van der Waals surface area contributed by atoms with Gasteiger partial charge >= 0.3 is 0 Å². The largest absolute Gasteiger partial charge is 0.389 e. The molecule has 0 aliphatic carbocycles. The Morgan fingerprint density at radius 2 is 2.05 bits per heavy atom. The number of aryl methyl sites for hydroxylation is 1. The highest BCUT2D eigenvalue weighted by molar-refractivity contribution is 7.88. The van der Waals surface area contributed by atoms with Gasteiger partial charge in [-0.3, -0.25) is 0 Å². The minimum absolute atomic E-state index is 0.348. The van der Waals surface area contributed by atoms with Gasteiger partial charge in [-0.25, -0.2) is 13.1 Å².